The van der Waals surface area contributed by atoms with Crippen molar-refractivity contribution in [3.8, 4) is 6.07 Å². The molecule has 1 aromatic rings. The number of carbonyl (C=O) groups is 1. The van der Waals surface area contributed by atoms with Gasteiger partial charge in [-0.3, -0.25) is 4.79 Å². The van der Waals surface area contributed by atoms with Gasteiger partial charge < -0.3 is 0 Å². The van der Waals surface area contributed by atoms with E-state index < -0.39 is 5.41 Å². The molecule has 1 heterocycles. The molecule has 0 unspecified atom stereocenters. The quantitative estimate of drug-likeness (QED) is 0.659. The van der Waals surface area contributed by atoms with Gasteiger partial charge in [-0.2, -0.15) is 5.26 Å². The van der Waals surface area contributed by atoms with Gasteiger partial charge in [0.2, 0.25) is 0 Å². The summed E-state index contributed by atoms with van der Waals surface area (Å²) in [6.07, 6.45) is 2.08. The van der Waals surface area contributed by atoms with Crippen molar-refractivity contribution in [2.45, 2.75) is 18.3 Å². The Kier molecular flexibility index (Phi) is 2.01. The zero-order valence-corrected chi connectivity index (χ0v) is 8.08. The standard InChI is InChI=1S/C10H7ClN2O/c11-9-8(2-1-3-13-9)10(6-12)4-7(14)5-10/h1-3H,4-5H2. The maximum atomic E-state index is 10.9. The molecule has 0 aliphatic heterocycles. The minimum absolute atomic E-state index is 0.103. The summed E-state index contributed by atoms with van der Waals surface area (Å²) in [5, 5.41) is 9.36. The van der Waals surface area contributed by atoms with Gasteiger partial charge in [0, 0.05) is 24.6 Å². The van der Waals surface area contributed by atoms with Gasteiger partial charge in [-0.1, -0.05) is 17.7 Å². The molecule has 14 heavy (non-hydrogen) atoms. The number of aromatic nitrogens is 1. The lowest BCUT2D eigenvalue weighted by Crippen LogP contribution is -2.40. The molecule has 2 rings (SSSR count). The van der Waals surface area contributed by atoms with Crippen LogP contribution in [0.4, 0.5) is 0 Å². The number of hydrogen-bond donors (Lipinski definition) is 0. The number of rotatable bonds is 1. The first-order valence-corrected chi connectivity index (χ1v) is 4.60. The van der Waals surface area contributed by atoms with Gasteiger partial charge in [0.15, 0.2) is 0 Å². The summed E-state index contributed by atoms with van der Waals surface area (Å²) in [6.45, 7) is 0. The zero-order chi connectivity index (χ0) is 10.2. The van der Waals surface area contributed by atoms with Crippen molar-refractivity contribution in [2.24, 2.45) is 0 Å². The van der Waals surface area contributed by atoms with Crippen molar-refractivity contribution in [3.05, 3.63) is 29.0 Å². The van der Waals surface area contributed by atoms with Crippen LogP contribution < -0.4 is 0 Å². The highest BCUT2D eigenvalue weighted by atomic mass is 35.5. The monoisotopic (exact) mass is 206 g/mol. The van der Waals surface area contributed by atoms with Crippen LogP contribution in [0, 0.1) is 11.3 Å². The molecule has 1 aliphatic rings. The van der Waals surface area contributed by atoms with Gasteiger partial charge in [-0.25, -0.2) is 4.98 Å². The number of halogens is 1. The smallest absolute Gasteiger partial charge is 0.136 e. The molecule has 0 spiro atoms. The highest BCUT2D eigenvalue weighted by molar-refractivity contribution is 6.30. The average molecular weight is 207 g/mol. The minimum atomic E-state index is -0.720. The molecule has 0 atom stereocenters. The normalized spacial score (nSPS) is 18.4. The lowest BCUT2D eigenvalue weighted by molar-refractivity contribution is -0.126. The SMILES string of the molecule is N#CC1(c2cccnc2Cl)CC(=O)C1. The third-order valence-corrected chi connectivity index (χ3v) is 2.79. The minimum Gasteiger partial charge on any atom is -0.300 e. The van der Waals surface area contributed by atoms with E-state index in [-0.39, 0.29) is 18.6 Å². The molecule has 70 valence electrons. The van der Waals surface area contributed by atoms with Crippen LogP contribution in [-0.4, -0.2) is 10.8 Å². The van der Waals surface area contributed by atoms with Crippen LogP contribution >= 0.6 is 11.6 Å². The second kappa shape index (κ2) is 3.07. The molecular weight excluding hydrogens is 200 g/mol. The molecule has 0 saturated heterocycles. The van der Waals surface area contributed by atoms with Gasteiger partial charge in [-0.05, 0) is 6.07 Å². The second-order valence-electron chi connectivity index (χ2n) is 3.43. The summed E-state index contributed by atoms with van der Waals surface area (Å²) in [6, 6.07) is 5.64. The highest BCUT2D eigenvalue weighted by Gasteiger charge is 2.46. The fourth-order valence-electron chi connectivity index (χ4n) is 1.69. The lowest BCUT2D eigenvalue weighted by Gasteiger charge is -2.34. The second-order valence-corrected chi connectivity index (χ2v) is 3.79. The van der Waals surface area contributed by atoms with Crippen LogP contribution in [0.2, 0.25) is 5.15 Å². The first-order valence-electron chi connectivity index (χ1n) is 4.22. The van der Waals surface area contributed by atoms with Crippen molar-refractivity contribution < 1.29 is 4.79 Å². The number of pyridine rings is 1. The number of nitriles is 1. The molecule has 3 nitrogen and oxygen atoms in total. The molecule has 0 N–H and O–H groups in total. The van der Waals surface area contributed by atoms with Crippen LogP contribution in [0.3, 0.4) is 0 Å². The Morgan fingerprint density at radius 2 is 2.29 bits per heavy atom. The molecule has 0 aromatic carbocycles. The van der Waals surface area contributed by atoms with E-state index in [0.717, 1.165) is 0 Å². The van der Waals surface area contributed by atoms with Gasteiger partial charge >= 0.3 is 0 Å². The summed E-state index contributed by atoms with van der Waals surface area (Å²) in [5.74, 6) is 0.103. The third-order valence-electron chi connectivity index (χ3n) is 2.49. The Morgan fingerprint density at radius 1 is 1.57 bits per heavy atom. The number of hydrogen-bond acceptors (Lipinski definition) is 3. The van der Waals surface area contributed by atoms with Gasteiger partial charge in [0.1, 0.15) is 10.9 Å². The van der Waals surface area contributed by atoms with Crippen molar-refractivity contribution in [2.75, 3.05) is 0 Å². The molecule has 4 heteroatoms. The molecular formula is C10H7ClN2O. The Morgan fingerprint density at radius 3 is 2.79 bits per heavy atom. The number of ketones is 1. The predicted octanol–water partition coefficient (Wildman–Crippen LogP) is 1.86. The van der Waals surface area contributed by atoms with Gasteiger partial charge in [0.05, 0.1) is 11.5 Å². The summed E-state index contributed by atoms with van der Waals surface area (Å²) in [7, 11) is 0. The van der Waals surface area contributed by atoms with Crippen LogP contribution in [-0.2, 0) is 10.2 Å². The third kappa shape index (κ3) is 1.19. The Labute approximate surface area is 86.3 Å². The molecule has 0 bridgehead atoms. The summed E-state index contributed by atoms with van der Waals surface area (Å²) < 4.78 is 0. The van der Waals surface area contributed by atoms with Crippen LogP contribution in [0.1, 0.15) is 18.4 Å². The number of Topliss-reactive ketones (excluding diaryl/α,β-unsaturated/α-hetero) is 1. The number of nitrogens with zero attached hydrogens (tertiary/aromatic N) is 2. The molecule has 1 saturated carbocycles. The van der Waals surface area contributed by atoms with Crippen molar-refractivity contribution in [1.82, 2.24) is 4.98 Å². The predicted molar refractivity (Wildman–Crippen MR) is 50.8 cm³/mol. The van der Waals surface area contributed by atoms with E-state index >= 15 is 0 Å². The van der Waals surface area contributed by atoms with E-state index in [2.05, 4.69) is 11.1 Å². The van der Waals surface area contributed by atoms with E-state index in [4.69, 9.17) is 16.9 Å². The lowest BCUT2D eigenvalue weighted by atomic mass is 9.65. The summed E-state index contributed by atoms with van der Waals surface area (Å²) >= 11 is 5.87. The zero-order valence-electron chi connectivity index (χ0n) is 7.33. The van der Waals surface area contributed by atoms with Crippen molar-refractivity contribution >= 4 is 17.4 Å². The van der Waals surface area contributed by atoms with E-state index in [9.17, 15) is 4.79 Å². The average Bonchev–Trinajstić information content (AvgIpc) is 2.14. The van der Waals surface area contributed by atoms with Crippen molar-refractivity contribution in [1.29, 1.82) is 5.26 Å². The summed E-state index contributed by atoms with van der Waals surface area (Å²) in [5.41, 5.74) is -0.0497. The summed E-state index contributed by atoms with van der Waals surface area (Å²) in [4.78, 5) is 14.8. The highest BCUT2D eigenvalue weighted by Crippen LogP contribution is 2.42. The molecule has 1 fully saturated rings. The fourth-order valence-corrected chi connectivity index (χ4v) is 1.99. The Bertz CT molecular complexity index is 428. The van der Waals surface area contributed by atoms with E-state index in [0.29, 0.717) is 10.7 Å². The number of carbonyl (C=O) groups excluding carboxylic acids is 1. The van der Waals surface area contributed by atoms with E-state index in [1.807, 2.05) is 0 Å². The topological polar surface area (TPSA) is 53.8 Å². The maximum Gasteiger partial charge on any atom is 0.136 e. The van der Waals surface area contributed by atoms with Gasteiger partial charge in [-0.15, -0.1) is 0 Å². The van der Waals surface area contributed by atoms with Crippen LogP contribution in [0.15, 0.2) is 18.3 Å². The van der Waals surface area contributed by atoms with E-state index in [1.165, 1.54) is 0 Å². The Hall–Kier alpha value is -1.40. The first kappa shape index (κ1) is 9.17. The van der Waals surface area contributed by atoms with Crippen LogP contribution in [0.25, 0.3) is 0 Å². The molecule has 1 aromatic heterocycles. The van der Waals surface area contributed by atoms with E-state index in [1.54, 1.807) is 18.3 Å². The van der Waals surface area contributed by atoms with Crippen LogP contribution in [0.5, 0.6) is 0 Å². The largest absolute Gasteiger partial charge is 0.300 e. The maximum absolute atomic E-state index is 10.9. The fraction of sp³-hybridized carbons (Fsp3) is 0.300. The van der Waals surface area contributed by atoms with Crippen molar-refractivity contribution in [3.63, 3.8) is 0 Å². The first-order chi connectivity index (χ1) is 6.68. The van der Waals surface area contributed by atoms with Gasteiger partial charge in [0.25, 0.3) is 0 Å². The molecule has 0 amide bonds. The molecule has 1 aliphatic carbocycles. The Balaban J connectivity index is 2.45. The molecule has 0 radical (unpaired) electrons.